The molecule has 0 heterocycles. The molecule has 1 amide bonds. The van der Waals surface area contributed by atoms with Crippen LogP contribution in [0.5, 0.6) is 5.75 Å². The average Bonchev–Trinajstić information content (AvgIpc) is 1.99. The second-order valence-electron chi connectivity index (χ2n) is 2.83. The van der Waals surface area contributed by atoms with Crippen molar-refractivity contribution in [2.24, 2.45) is 0 Å². The molecule has 2 N–H and O–H groups in total. The second-order valence-corrected chi connectivity index (χ2v) is 5.40. The van der Waals surface area contributed by atoms with Crippen molar-refractivity contribution >= 4 is 31.3 Å². The van der Waals surface area contributed by atoms with E-state index in [1.165, 1.54) is 13.0 Å². The minimum absolute atomic E-state index is 0.168. The third kappa shape index (κ3) is 3.41. The first-order valence-electron chi connectivity index (χ1n) is 3.85. The lowest BCUT2D eigenvalue weighted by atomic mass is 10.3. The van der Waals surface area contributed by atoms with Gasteiger partial charge in [-0.25, -0.2) is 8.42 Å². The maximum Gasteiger partial charge on any atom is 0.261 e. The van der Waals surface area contributed by atoms with E-state index in [1.54, 1.807) is 0 Å². The van der Waals surface area contributed by atoms with Crippen molar-refractivity contribution in [2.75, 3.05) is 5.32 Å². The van der Waals surface area contributed by atoms with Crippen molar-refractivity contribution in [2.45, 2.75) is 11.8 Å². The van der Waals surface area contributed by atoms with Gasteiger partial charge in [-0.05, 0) is 12.1 Å². The average molecular weight is 250 g/mol. The second kappa shape index (κ2) is 4.08. The minimum atomic E-state index is -3.92. The number of phenols is 1. The number of benzene rings is 1. The topological polar surface area (TPSA) is 83.5 Å². The van der Waals surface area contributed by atoms with Crippen LogP contribution in [0.3, 0.4) is 0 Å². The molecule has 0 atom stereocenters. The largest absolute Gasteiger partial charge is 0.508 e. The predicted octanol–water partition coefficient (Wildman–Crippen LogP) is 1.28. The van der Waals surface area contributed by atoms with E-state index in [0.29, 0.717) is 0 Å². The van der Waals surface area contributed by atoms with E-state index < -0.39 is 9.05 Å². The number of hydrogen-bond acceptors (Lipinski definition) is 4. The molecule has 7 heteroatoms. The molecule has 0 aliphatic rings. The van der Waals surface area contributed by atoms with E-state index in [2.05, 4.69) is 5.32 Å². The van der Waals surface area contributed by atoms with Crippen LogP contribution in [0.4, 0.5) is 5.69 Å². The van der Waals surface area contributed by atoms with Gasteiger partial charge in [-0.15, -0.1) is 0 Å². The van der Waals surface area contributed by atoms with E-state index in [0.717, 1.165) is 12.1 Å². The molecule has 82 valence electrons. The van der Waals surface area contributed by atoms with E-state index in [-0.39, 0.29) is 22.2 Å². The summed E-state index contributed by atoms with van der Waals surface area (Å²) in [6.07, 6.45) is 0. The molecular weight excluding hydrogens is 242 g/mol. The minimum Gasteiger partial charge on any atom is -0.508 e. The summed E-state index contributed by atoms with van der Waals surface area (Å²) in [7, 11) is 1.16. The van der Waals surface area contributed by atoms with Gasteiger partial charge in [-0.3, -0.25) is 4.79 Å². The van der Waals surface area contributed by atoms with Crippen LogP contribution in [-0.2, 0) is 13.8 Å². The fourth-order valence-corrected chi connectivity index (χ4v) is 1.80. The number of amides is 1. The fraction of sp³-hybridized carbons (Fsp3) is 0.125. The smallest absolute Gasteiger partial charge is 0.261 e. The number of carbonyl (C=O) groups is 1. The predicted molar refractivity (Wildman–Crippen MR) is 55.4 cm³/mol. The van der Waals surface area contributed by atoms with Crippen molar-refractivity contribution in [1.82, 2.24) is 0 Å². The Morgan fingerprint density at radius 2 is 2.00 bits per heavy atom. The third-order valence-electron chi connectivity index (χ3n) is 1.49. The number of hydrogen-bond donors (Lipinski definition) is 2. The van der Waals surface area contributed by atoms with Gasteiger partial charge in [0.25, 0.3) is 9.05 Å². The van der Waals surface area contributed by atoms with E-state index in [4.69, 9.17) is 10.7 Å². The highest BCUT2D eigenvalue weighted by Gasteiger charge is 2.12. The molecule has 0 fully saturated rings. The zero-order valence-electron chi connectivity index (χ0n) is 7.69. The molecule has 0 saturated carbocycles. The van der Waals surface area contributed by atoms with Gasteiger partial charge in [0.1, 0.15) is 5.75 Å². The number of halogens is 1. The lowest BCUT2D eigenvalue weighted by molar-refractivity contribution is -0.114. The van der Waals surface area contributed by atoms with Gasteiger partial charge < -0.3 is 10.4 Å². The molecule has 15 heavy (non-hydrogen) atoms. The van der Waals surface area contributed by atoms with Crippen LogP contribution in [-0.4, -0.2) is 19.4 Å². The molecule has 0 saturated heterocycles. The highest BCUT2D eigenvalue weighted by molar-refractivity contribution is 8.13. The molecule has 0 bridgehead atoms. The SMILES string of the molecule is CC(=O)Nc1cc(O)cc(S(=O)(=O)Cl)c1. The van der Waals surface area contributed by atoms with Gasteiger partial charge in [0.05, 0.1) is 4.90 Å². The maximum absolute atomic E-state index is 11.0. The van der Waals surface area contributed by atoms with Crippen LogP contribution < -0.4 is 5.32 Å². The molecule has 1 aromatic carbocycles. The molecule has 0 unspecified atom stereocenters. The van der Waals surface area contributed by atoms with Crippen LogP contribution in [0.1, 0.15) is 6.92 Å². The summed E-state index contributed by atoms with van der Waals surface area (Å²) in [5.74, 6) is -0.668. The van der Waals surface area contributed by atoms with E-state index in [9.17, 15) is 18.3 Å². The van der Waals surface area contributed by atoms with Crippen LogP contribution in [0.2, 0.25) is 0 Å². The zero-order chi connectivity index (χ0) is 11.6. The summed E-state index contributed by atoms with van der Waals surface area (Å²) >= 11 is 0. The summed E-state index contributed by atoms with van der Waals surface area (Å²) in [5.41, 5.74) is 0.168. The van der Waals surface area contributed by atoms with Crippen LogP contribution in [0.25, 0.3) is 0 Å². The first-order valence-corrected chi connectivity index (χ1v) is 6.16. The lowest BCUT2D eigenvalue weighted by Gasteiger charge is -2.04. The first kappa shape index (κ1) is 11.8. The number of nitrogens with one attached hydrogen (secondary N) is 1. The van der Waals surface area contributed by atoms with E-state index in [1.807, 2.05) is 0 Å². The van der Waals surface area contributed by atoms with Crippen LogP contribution in [0.15, 0.2) is 23.1 Å². The monoisotopic (exact) mass is 249 g/mol. The Labute approximate surface area is 91.1 Å². The normalized spacial score (nSPS) is 11.1. The van der Waals surface area contributed by atoms with Gasteiger partial charge in [0, 0.05) is 29.4 Å². The highest BCUT2D eigenvalue weighted by atomic mass is 35.7. The number of carbonyl (C=O) groups excluding carboxylic acids is 1. The zero-order valence-corrected chi connectivity index (χ0v) is 9.26. The van der Waals surface area contributed by atoms with Gasteiger partial charge in [-0.2, -0.15) is 0 Å². The van der Waals surface area contributed by atoms with Crippen molar-refractivity contribution in [3.63, 3.8) is 0 Å². The Balaban J connectivity index is 3.23. The Morgan fingerprint density at radius 1 is 1.40 bits per heavy atom. The van der Waals surface area contributed by atoms with E-state index >= 15 is 0 Å². The summed E-state index contributed by atoms with van der Waals surface area (Å²) in [6, 6.07) is 3.37. The number of phenolic OH excluding ortho intramolecular Hbond substituents is 1. The molecular formula is C8H8ClNO4S. The molecule has 0 aromatic heterocycles. The van der Waals surface area contributed by atoms with Crippen molar-refractivity contribution < 1.29 is 18.3 Å². The summed E-state index contributed by atoms with van der Waals surface area (Å²) in [5, 5.41) is 11.5. The standard InChI is InChI=1S/C8H8ClNO4S/c1-5(11)10-6-2-7(12)4-8(3-6)15(9,13)14/h2-4,12H,1H3,(H,10,11). The van der Waals surface area contributed by atoms with Gasteiger partial charge in [0.15, 0.2) is 0 Å². The molecule has 0 aliphatic heterocycles. The fourth-order valence-electron chi connectivity index (χ4n) is 1.000. The summed E-state index contributed by atoms with van der Waals surface area (Å²) in [6.45, 7) is 1.26. The highest BCUT2D eigenvalue weighted by Crippen LogP contribution is 2.25. The van der Waals surface area contributed by atoms with Crippen molar-refractivity contribution in [3.8, 4) is 5.75 Å². The molecule has 5 nitrogen and oxygen atoms in total. The number of anilines is 1. The van der Waals surface area contributed by atoms with Crippen LogP contribution >= 0.6 is 10.7 Å². The Bertz CT molecular complexity index is 497. The lowest BCUT2D eigenvalue weighted by Crippen LogP contribution is -2.06. The quantitative estimate of drug-likeness (QED) is 0.774. The Hall–Kier alpha value is -1.27. The van der Waals surface area contributed by atoms with Gasteiger partial charge >= 0.3 is 0 Å². The van der Waals surface area contributed by atoms with Gasteiger partial charge in [0.2, 0.25) is 5.91 Å². The third-order valence-corrected chi connectivity index (χ3v) is 2.83. The number of aromatic hydroxyl groups is 1. The summed E-state index contributed by atoms with van der Waals surface area (Å²) < 4.78 is 21.9. The van der Waals surface area contributed by atoms with Crippen molar-refractivity contribution in [1.29, 1.82) is 0 Å². The first-order chi connectivity index (χ1) is 6.79. The Kier molecular flexibility index (Phi) is 3.21. The van der Waals surface area contributed by atoms with Crippen molar-refractivity contribution in [3.05, 3.63) is 18.2 Å². The summed E-state index contributed by atoms with van der Waals surface area (Å²) in [4.78, 5) is 10.4. The molecule has 0 radical (unpaired) electrons. The number of rotatable bonds is 2. The van der Waals surface area contributed by atoms with Gasteiger partial charge in [-0.1, -0.05) is 0 Å². The molecule has 1 rings (SSSR count). The maximum atomic E-state index is 11.0. The Morgan fingerprint density at radius 3 is 2.47 bits per heavy atom. The molecule has 0 spiro atoms. The molecule has 1 aromatic rings. The molecule has 0 aliphatic carbocycles. The van der Waals surface area contributed by atoms with Crippen LogP contribution in [0, 0.1) is 0 Å².